The van der Waals surface area contributed by atoms with Crippen LogP contribution < -0.4 is 4.57 Å². The molecule has 2 bridgehead atoms. The maximum absolute atomic E-state index is 15.3. The van der Waals surface area contributed by atoms with E-state index in [1.54, 1.807) is 0 Å². The SMILES string of the molecule is Cc1cc(C)c(F)c(-c2c3ccc(C4CC5CCC4CC5)cc3cc[n+]2C)c1C. The summed E-state index contributed by atoms with van der Waals surface area (Å²) in [4.78, 5) is 0. The Morgan fingerprint density at radius 3 is 2.38 bits per heavy atom. The number of halogens is 1. The van der Waals surface area contributed by atoms with Crippen molar-refractivity contribution in [3.8, 4) is 11.3 Å². The molecule has 2 aromatic carbocycles. The van der Waals surface area contributed by atoms with E-state index in [-0.39, 0.29) is 5.82 Å². The summed E-state index contributed by atoms with van der Waals surface area (Å²) in [5.74, 6) is 2.40. The first-order chi connectivity index (χ1) is 13.9. The van der Waals surface area contributed by atoms with Gasteiger partial charge in [-0.15, -0.1) is 0 Å². The van der Waals surface area contributed by atoms with E-state index in [4.69, 9.17) is 0 Å². The van der Waals surface area contributed by atoms with Gasteiger partial charge in [0.1, 0.15) is 12.9 Å². The highest BCUT2D eigenvalue weighted by molar-refractivity contribution is 5.94. The molecule has 3 aromatic rings. The van der Waals surface area contributed by atoms with Gasteiger partial charge in [0.05, 0.1) is 10.9 Å². The highest BCUT2D eigenvalue weighted by Crippen LogP contribution is 2.50. The molecule has 3 aliphatic carbocycles. The summed E-state index contributed by atoms with van der Waals surface area (Å²) in [6.07, 6.45) is 9.10. The zero-order chi connectivity index (χ0) is 20.3. The highest BCUT2D eigenvalue weighted by Gasteiger charge is 2.36. The summed E-state index contributed by atoms with van der Waals surface area (Å²) in [6, 6.07) is 11.1. The van der Waals surface area contributed by atoms with Gasteiger partial charge in [-0.1, -0.05) is 31.0 Å². The van der Waals surface area contributed by atoms with Gasteiger partial charge < -0.3 is 0 Å². The van der Waals surface area contributed by atoms with Crippen LogP contribution in [0, 0.1) is 38.4 Å². The van der Waals surface area contributed by atoms with Crippen molar-refractivity contribution >= 4 is 10.8 Å². The Morgan fingerprint density at radius 1 is 0.931 bits per heavy atom. The second kappa shape index (κ2) is 6.93. The van der Waals surface area contributed by atoms with Gasteiger partial charge in [-0.3, -0.25) is 0 Å². The lowest BCUT2D eigenvalue weighted by molar-refractivity contribution is -0.659. The molecule has 0 spiro atoms. The van der Waals surface area contributed by atoms with E-state index in [1.165, 1.54) is 43.1 Å². The molecule has 1 nitrogen and oxygen atoms in total. The molecule has 2 heteroatoms. The molecule has 29 heavy (non-hydrogen) atoms. The first-order valence-electron chi connectivity index (χ1n) is 11.1. The lowest BCUT2D eigenvalue weighted by Gasteiger charge is -2.42. The lowest BCUT2D eigenvalue weighted by atomic mass is 9.63. The summed E-state index contributed by atoms with van der Waals surface area (Å²) < 4.78 is 17.4. The van der Waals surface area contributed by atoms with Crippen molar-refractivity contribution < 1.29 is 8.96 Å². The van der Waals surface area contributed by atoms with Crippen molar-refractivity contribution in [2.75, 3.05) is 0 Å². The Morgan fingerprint density at radius 2 is 1.69 bits per heavy atom. The molecule has 1 heterocycles. The maximum Gasteiger partial charge on any atom is 0.223 e. The Kier molecular flexibility index (Phi) is 4.49. The van der Waals surface area contributed by atoms with E-state index in [0.29, 0.717) is 5.92 Å². The van der Waals surface area contributed by atoms with Crippen molar-refractivity contribution in [3.63, 3.8) is 0 Å². The van der Waals surface area contributed by atoms with Crippen LogP contribution in [0.15, 0.2) is 36.5 Å². The minimum Gasteiger partial charge on any atom is -0.206 e. The fourth-order valence-corrected chi connectivity index (χ4v) is 6.06. The van der Waals surface area contributed by atoms with Crippen LogP contribution in [0.1, 0.15) is 60.3 Å². The topological polar surface area (TPSA) is 3.88 Å². The molecule has 3 saturated carbocycles. The van der Waals surface area contributed by atoms with Crippen molar-refractivity contribution in [3.05, 3.63) is 64.6 Å². The molecule has 0 saturated heterocycles. The number of aromatic nitrogens is 1. The second-order valence-electron chi connectivity index (χ2n) is 9.57. The number of aryl methyl sites for hydroxylation is 3. The van der Waals surface area contributed by atoms with Gasteiger partial charge in [0.15, 0.2) is 6.20 Å². The molecule has 3 aliphatic rings. The van der Waals surface area contributed by atoms with E-state index in [9.17, 15) is 0 Å². The quantitative estimate of drug-likeness (QED) is 0.431. The molecule has 1 unspecified atom stereocenters. The van der Waals surface area contributed by atoms with E-state index in [1.807, 2.05) is 27.0 Å². The van der Waals surface area contributed by atoms with Gasteiger partial charge in [-0.05, 0) is 91.5 Å². The normalized spacial score (nSPS) is 23.7. The van der Waals surface area contributed by atoms with Gasteiger partial charge in [0.2, 0.25) is 5.69 Å². The van der Waals surface area contributed by atoms with Crippen molar-refractivity contribution in [2.45, 2.75) is 58.8 Å². The Hall–Kier alpha value is -2.22. The Balaban J connectivity index is 1.68. The average Bonchev–Trinajstić information content (AvgIpc) is 2.74. The Labute approximate surface area is 173 Å². The van der Waals surface area contributed by atoms with Crippen molar-refractivity contribution in [2.24, 2.45) is 18.9 Å². The first kappa shape index (κ1) is 18.8. The standard InChI is InChI=1S/C27H31FN/c1-16-13-17(2)26(28)25(18(16)3)27-23-10-9-21(15-22(23)11-12-29(27)4)24-14-19-5-7-20(24)8-6-19/h9-13,15,19-20,24H,5-8,14H2,1-4H3/q+1. The van der Waals surface area contributed by atoms with Crippen molar-refractivity contribution in [1.29, 1.82) is 0 Å². The van der Waals surface area contributed by atoms with Crippen LogP contribution in [-0.4, -0.2) is 0 Å². The summed E-state index contributed by atoms with van der Waals surface area (Å²) in [5.41, 5.74) is 6.12. The molecular formula is C27H31FN+. The van der Waals surface area contributed by atoms with Crippen LogP contribution in [0.3, 0.4) is 0 Å². The molecule has 1 atom stereocenters. The van der Waals surface area contributed by atoms with Gasteiger partial charge in [0.25, 0.3) is 0 Å². The van der Waals surface area contributed by atoms with Crippen LogP contribution in [0.5, 0.6) is 0 Å². The zero-order valence-corrected chi connectivity index (χ0v) is 18.1. The molecule has 0 aliphatic heterocycles. The third kappa shape index (κ3) is 2.99. The van der Waals surface area contributed by atoms with E-state index < -0.39 is 0 Å². The van der Waals surface area contributed by atoms with Crippen LogP contribution >= 0.6 is 0 Å². The number of pyridine rings is 1. The van der Waals surface area contributed by atoms with Gasteiger partial charge in [-0.25, -0.2) is 8.96 Å². The molecule has 0 amide bonds. The van der Waals surface area contributed by atoms with E-state index in [0.717, 1.165) is 45.2 Å². The summed E-state index contributed by atoms with van der Waals surface area (Å²) >= 11 is 0. The molecule has 150 valence electrons. The van der Waals surface area contributed by atoms with Gasteiger partial charge in [-0.2, -0.15) is 0 Å². The second-order valence-corrected chi connectivity index (χ2v) is 9.57. The predicted octanol–water partition coefficient (Wildman–Crippen LogP) is 6.69. The number of benzene rings is 2. The molecule has 3 fully saturated rings. The monoisotopic (exact) mass is 388 g/mol. The van der Waals surface area contributed by atoms with E-state index in [2.05, 4.69) is 42.0 Å². The average molecular weight is 389 g/mol. The Bertz CT molecular complexity index is 1080. The summed E-state index contributed by atoms with van der Waals surface area (Å²) in [6.45, 7) is 5.98. The zero-order valence-electron chi connectivity index (χ0n) is 18.1. The van der Waals surface area contributed by atoms with Crippen LogP contribution in [0.2, 0.25) is 0 Å². The summed E-state index contributed by atoms with van der Waals surface area (Å²) in [7, 11) is 2.03. The van der Waals surface area contributed by atoms with Gasteiger partial charge >= 0.3 is 0 Å². The fourth-order valence-electron chi connectivity index (χ4n) is 6.06. The van der Waals surface area contributed by atoms with Gasteiger partial charge in [0, 0.05) is 6.07 Å². The molecule has 0 radical (unpaired) electrons. The van der Waals surface area contributed by atoms with E-state index >= 15 is 4.39 Å². The number of hydrogen-bond acceptors (Lipinski definition) is 0. The third-order valence-electron chi connectivity index (χ3n) is 7.84. The summed E-state index contributed by atoms with van der Waals surface area (Å²) in [5, 5.41) is 2.38. The number of fused-ring (bicyclic) bond motifs is 4. The lowest BCUT2D eigenvalue weighted by Crippen LogP contribution is -2.31. The third-order valence-corrected chi connectivity index (χ3v) is 7.84. The van der Waals surface area contributed by atoms with Crippen LogP contribution in [0.25, 0.3) is 22.0 Å². The van der Waals surface area contributed by atoms with Crippen LogP contribution in [0.4, 0.5) is 4.39 Å². The number of hydrogen-bond donors (Lipinski definition) is 0. The highest BCUT2D eigenvalue weighted by atomic mass is 19.1. The molecule has 1 aromatic heterocycles. The molecular weight excluding hydrogens is 357 g/mol. The molecule has 0 N–H and O–H groups in total. The number of rotatable bonds is 2. The molecule has 6 rings (SSSR count). The first-order valence-corrected chi connectivity index (χ1v) is 11.1. The predicted molar refractivity (Wildman–Crippen MR) is 118 cm³/mol. The van der Waals surface area contributed by atoms with Crippen LogP contribution in [-0.2, 0) is 7.05 Å². The minimum atomic E-state index is -0.0927. The van der Waals surface area contributed by atoms with Crippen molar-refractivity contribution in [1.82, 2.24) is 0 Å². The smallest absolute Gasteiger partial charge is 0.206 e. The largest absolute Gasteiger partial charge is 0.223 e. The number of nitrogens with zero attached hydrogens (tertiary/aromatic N) is 1. The fraction of sp³-hybridized carbons (Fsp3) is 0.444. The minimum absolute atomic E-state index is 0.0927. The maximum atomic E-state index is 15.3.